The van der Waals surface area contributed by atoms with Crippen molar-refractivity contribution in [1.29, 1.82) is 0 Å². The molecule has 1 heteroatoms. The molecule has 0 radical (unpaired) electrons. The number of rotatable bonds is 3. The van der Waals surface area contributed by atoms with Gasteiger partial charge in [0.15, 0.2) is 0 Å². The maximum atomic E-state index is 4.84. The molecule has 0 N–H and O–H groups in total. The van der Waals surface area contributed by atoms with E-state index in [0.717, 1.165) is 5.71 Å². The summed E-state index contributed by atoms with van der Waals surface area (Å²) in [6.45, 7) is 4.23. The molecule has 0 amide bonds. The molecular weight excluding hydrogens is 254 g/mol. The van der Waals surface area contributed by atoms with E-state index in [4.69, 9.17) is 4.99 Å². The van der Waals surface area contributed by atoms with Gasteiger partial charge in [-0.05, 0) is 41.8 Å². The molecule has 21 heavy (non-hydrogen) atoms. The maximum absolute atomic E-state index is 4.84. The minimum absolute atomic E-state index is 0.178. The predicted molar refractivity (Wildman–Crippen MR) is 91.0 cm³/mol. The fraction of sp³-hybridized carbons (Fsp3) is 0.150. The number of fused-ring (bicyclic) bond motifs is 1. The normalized spacial score (nSPS) is 13.3. The van der Waals surface area contributed by atoms with Crippen molar-refractivity contribution >= 4 is 16.5 Å². The van der Waals surface area contributed by atoms with Crippen LogP contribution in [0, 0.1) is 0 Å². The molecule has 0 fully saturated rings. The molecule has 1 nitrogen and oxygen atoms in total. The van der Waals surface area contributed by atoms with Crippen molar-refractivity contribution in [3.63, 3.8) is 0 Å². The molecule has 3 aromatic rings. The fourth-order valence-corrected chi connectivity index (χ4v) is 2.59. The second-order valence-corrected chi connectivity index (χ2v) is 5.36. The number of hydrogen-bond donors (Lipinski definition) is 0. The lowest BCUT2D eigenvalue weighted by Crippen LogP contribution is -1.99. The summed E-state index contributed by atoms with van der Waals surface area (Å²) >= 11 is 0. The van der Waals surface area contributed by atoms with Crippen LogP contribution in [-0.2, 0) is 0 Å². The fourth-order valence-electron chi connectivity index (χ4n) is 2.59. The largest absolute Gasteiger partial charge is 0.282 e. The first-order valence-corrected chi connectivity index (χ1v) is 7.32. The molecule has 3 rings (SSSR count). The third-order valence-corrected chi connectivity index (χ3v) is 3.84. The summed E-state index contributed by atoms with van der Waals surface area (Å²) in [5.41, 5.74) is 3.52. The van der Waals surface area contributed by atoms with Crippen LogP contribution >= 0.6 is 0 Å². The predicted octanol–water partition coefficient (Wildman–Crippen LogP) is 5.41. The first-order chi connectivity index (χ1) is 10.2. The van der Waals surface area contributed by atoms with Gasteiger partial charge in [0.1, 0.15) is 0 Å². The summed E-state index contributed by atoms with van der Waals surface area (Å²) < 4.78 is 0. The third kappa shape index (κ3) is 3.03. The lowest BCUT2D eigenvalue weighted by molar-refractivity contribution is 0.820. The molecule has 0 bridgehead atoms. The number of nitrogens with zero attached hydrogens (tertiary/aromatic N) is 1. The summed E-state index contributed by atoms with van der Waals surface area (Å²) in [5, 5.41) is 2.53. The second-order valence-electron chi connectivity index (χ2n) is 5.36. The molecule has 3 aromatic carbocycles. The number of aliphatic imine (C=N–C) groups is 1. The smallest absolute Gasteiger partial charge is 0.0724 e. The monoisotopic (exact) mass is 273 g/mol. The summed E-state index contributed by atoms with van der Waals surface area (Å²) in [6, 6.07) is 25.6. The lowest BCUT2D eigenvalue weighted by atomic mass is 10.0. The Kier molecular flexibility index (Phi) is 3.83. The molecular formula is C20H19N. The average Bonchev–Trinajstić information content (AvgIpc) is 2.55. The van der Waals surface area contributed by atoms with Gasteiger partial charge in [-0.25, -0.2) is 0 Å². The van der Waals surface area contributed by atoms with Crippen molar-refractivity contribution in [3.05, 3.63) is 83.9 Å². The maximum Gasteiger partial charge on any atom is 0.0724 e. The Hall–Kier alpha value is -2.41. The van der Waals surface area contributed by atoms with E-state index in [1.54, 1.807) is 0 Å². The van der Waals surface area contributed by atoms with Gasteiger partial charge < -0.3 is 0 Å². The van der Waals surface area contributed by atoms with E-state index in [1.165, 1.54) is 21.9 Å². The number of hydrogen-bond acceptors (Lipinski definition) is 1. The van der Waals surface area contributed by atoms with Gasteiger partial charge in [0.2, 0.25) is 0 Å². The van der Waals surface area contributed by atoms with E-state index in [-0.39, 0.29) is 6.04 Å². The van der Waals surface area contributed by atoms with E-state index < -0.39 is 0 Å². The Morgan fingerprint density at radius 1 is 0.810 bits per heavy atom. The van der Waals surface area contributed by atoms with Crippen LogP contribution in [0.4, 0.5) is 0 Å². The SMILES string of the molecule is CC(=N[C@H](C)c1ccccc1)c1ccc2ccccc2c1. The molecule has 0 saturated heterocycles. The highest BCUT2D eigenvalue weighted by molar-refractivity contribution is 6.02. The Bertz CT molecular complexity index is 772. The molecule has 0 unspecified atom stereocenters. The van der Waals surface area contributed by atoms with E-state index in [1.807, 2.05) is 6.07 Å². The summed E-state index contributed by atoms with van der Waals surface area (Å²) in [7, 11) is 0. The molecule has 0 saturated carbocycles. The van der Waals surface area contributed by atoms with Gasteiger partial charge in [-0.1, -0.05) is 66.7 Å². The van der Waals surface area contributed by atoms with E-state index in [0.29, 0.717) is 0 Å². The van der Waals surface area contributed by atoms with Crippen molar-refractivity contribution in [2.75, 3.05) is 0 Å². The van der Waals surface area contributed by atoms with Gasteiger partial charge >= 0.3 is 0 Å². The molecule has 0 heterocycles. The summed E-state index contributed by atoms with van der Waals surface area (Å²) in [5.74, 6) is 0. The highest BCUT2D eigenvalue weighted by Crippen LogP contribution is 2.20. The van der Waals surface area contributed by atoms with Crippen LogP contribution in [0.2, 0.25) is 0 Å². The van der Waals surface area contributed by atoms with E-state index >= 15 is 0 Å². The van der Waals surface area contributed by atoms with Crippen LogP contribution in [0.25, 0.3) is 10.8 Å². The molecule has 0 aliphatic rings. The molecule has 0 aliphatic carbocycles. The van der Waals surface area contributed by atoms with Crippen LogP contribution in [-0.4, -0.2) is 5.71 Å². The number of benzene rings is 3. The first-order valence-electron chi connectivity index (χ1n) is 7.32. The summed E-state index contributed by atoms with van der Waals surface area (Å²) in [6.07, 6.45) is 0. The van der Waals surface area contributed by atoms with Crippen molar-refractivity contribution in [2.45, 2.75) is 19.9 Å². The van der Waals surface area contributed by atoms with Gasteiger partial charge in [-0.2, -0.15) is 0 Å². The zero-order chi connectivity index (χ0) is 14.7. The first kappa shape index (κ1) is 13.6. The van der Waals surface area contributed by atoms with Crippen LogP contribution in [0.15, 0.2) is 77.8 Å². The van der Waals surface area contributed by atoms with Crippen LogP contribution in [0.3, 0.4) is 0 Å². The highest BCUT2D eigenvalue weighted by atomic mass is 14.8. The molecule has 0 spiro atoms. The van der Waals surface area contributed by atoms with E-state index in [9.17, 15) is 0 Å². The van der Waals surface area contributed by atoms with Gasteiger partial charge in [0, 0.05) is 5.71 Å². The highest BCUT2D eigenvalue weighted by Gasteiger charge is 2.05. The van der Waals surface area contributed by atoms with Gasteiger partial charge in [-0.3, -0.25) is 4.99 Å². The van der Waals surface area contributed by atoms with Crippen LogP contribution < -0.4 is 0 Å². The van der Waals surface area contributed by atoms with Gasteiger partial charge in [-0.15, -0.1) is 0 Å². The standard InChI is InChI=1S/C20H19N/c1-15(17-8-4-3-5-9-17)21-16(2)19-13-12-18-10-6-7-11-20(18)14-19/h3-15H,1-2H3/t15-/m1/s1. The third-order valence-electron chi connectivity index (χ3n) is 3.84. The zero-order valence-electron chi connectivity index (χ0n) is 12.5. The average molecular weight is 273 g/mol. The van der Waals surface area contributed by atoms with Crippen molar-refractivity contribution < 1.29 is 0 Å². The Balaban J connectivity index is 1.92. The molecule has 104 valence electrons. The Morgan fingerprint density at radius 2 is 1.48 bits per heavy atom. The molecule has 1 atom stereocenters. The topological polar surface area (TPSA) is 12.4 Å². The molecule has 0 aromatic heterocycles. The zero-order valence-corrected chi connectivity index (χ0v) is 12.5. The Labute approximate surface area is 126 Å². The van der Waals surface area contributed by atoms with Gasteiger partial charge in [0.25, 0.3) is 0 Å². The Morgan fingerprint density at radius 3 is 2.24 bits per heavy atom. The quantitative estimate of drug-likeness (QED) is 0.566. The van der Waals surface area contributed by atoms with E-state index in [2.05, 4.69) is 80.6 Å². The van der Waals surface area contributed by atoms with Crippen molar-refractivity contribution in [3.8, 4) is 0 Å². The summed E-state index contributed by atoms with van der Waals surface area (Å²) in [4.78, 5) is 4.84. The lowest BCUT2D eigenvalue weighted by Gasteiger charge is -2.10. The van der Waals surface area contributed by atoms with Crippen LogP contribution in [0.1, 0.15) is 31.0 Å². The van der Waals surface area contributed by atoms with Crippen molar-refractivity contribution in [2.24, 2.45) is 4.99 Å². The molecule has 0 aliphatic heterocycles. The minimum Gasteiger partial charge on any atom is -0.282 e. The van der Waals surface area contributed by atoms with Crippen LogP contribution in [0.5, 0.6) is 0 Å². The van der Waals surface area contributed by atoms with Gasteiger partial charge in [0.05, 0.1) is 6.04 Å². The second kappa shape index (κ2) is 5.92. The minimum atomic E-state index is 0.178. The van der Waals surface area contributed by atoms with Crippen molar-refractivity contribution in [1.82, 2.24) is 0 Å².